The lowest BCUT2D eigenvalue weighted by molar-refractivity contribution is 0.414. The topological polar surface area (TPSA) is 9.23 Å². The molecular formula is C19H21BrO. The van der Waals surface area contributed by atoms with Gasteiger partial charge in [0.1, 0.15) is 11.5 Å². The molecule has 0 amide bonds. The Morgan fingerprint density at radius 2 is 1.62 bits per heavy atom. The Morgan fingerprint density at radius 3 is 2.24 bits per heavy atom. The van der Waals surface area contributed by atoms with Crippen LogP contribution in [0.2, 0.25) is 0 Å². The van der Waals surface area contributed by atoms with Gasteiger partial charge in [0, 0.05) is 4.83 Å². The maximum absolute atomic E-state index is 5.84. The van der Waals surface area contributed by atoms with E-state index >= 15 is 0 Å². The lowest BCUT2D eigenvalue weighted by Gasteiger charge is -2.22. The number of para-hydroxylation sites is 1. The molecule has 0 bridgehead atoms. The number of rotatable bonds is 4. The van der Waals surface area contributed by atoms with Crippen molar-refractivity contribution in [1.82, 2.24) is 0 Å². The average molecular weight is 345 g/mol. The van der Waals surface area contributed by atoms with Gasteiger partial charge in [-0.25, -0.2) is 0 Å². The number of hydrogen-bond donors (Lipinski definition) is 0. The van der Waals surface area contributed by atoms with E-state index in [1.807, 2.05) is 30.3 Å². The van der Waals surface area contributed by atoms with Gasteiger partial charge in [-0.15, -0.1) is 0 Å². The first-order valence-electron chi connectivity index (χ1n) is 7.71. The molecule has 3 unspecified atom stereocenters. The summed E-state index contributed by atoms with van der Waals surface area (Å²) in [5.41, 5.74) is 1.36. The maximum Gasteiger partial charge on any atom is 0.127 e. The number of halogens is 1. The van der Waals surface area contributed by atoms with Crippen LogP contribution in [-0.4, -0.2) is 0 Å². The Hall–Kier alpha value is -1.28. The number of benzene rings is 2. The molecule has 1 nitrogen and oxygen atoms in total. The summed E-state index contributed by atoms with van der Waals surface area (Å²) in [7, 11) is 0. The van der Waals surface area contributed by atoms with Crippen LogP contribution in [0.1, 0.15) is 36.6 Å². The summed E-state index contributed by atoms with van der Waals surface area (Å²) in [5.74, 6) is 3.34. The smallest absolute Gasteiger partial charge is 0.127 e. The third-order valence-corrected chi connectivity index (χ3v) is 5.69. The van der Waals surface area contributed by atoms with E-state index in [1.165, 1.54) is 24.8 Å². The highest BCUT2D eigenvalue weighted by Gasteiger charge is 2.30. The van der Waals surface area contributed by atoms with Gasteiger partial charge < -0.3 is 4.74 Å². The maximum atomic E-state index is 5.84. The van der Waals surface area contributed by atoms with Crippen LogP contribution in [0.4, 0.5) is 0 Å². The van der Waals surface area contributed by atoms with Crippen LogP contribution in [0.15, 0.2) is 54.6 Å². The summed E-state index contributed by atoms with van der Waals surface area (Å²) in [6, 6.07) is 18.4. The molecule has 0 N–H and O–H groups in total. The van der Waals surface area contributed by atoms with Crippen molar-refractivity contribution in [3.05, 3.63) is 60.2 Å². The van der Waals surface area contributed by atoms with Gasteiger partial charge >= 0.3 is 0 Å². The summed E-state index contributed by atoms with van der Waals surface area (Å²) in [6.07, 6.45) is 4.06. The first-order valence-corrected chi connectivity index (χ1v) is 8.62. The Bertz CT molecular complexity index is 564. The summed E-state index contributed by atoms with van der Waals surface area (Å²) in [5, 5.41) is 0. The minimum absolute atomic E-state index is 0.459. The van der Waals surface area contributed by atoms with Crippen molar-refractivity contribution < 1.29 is 4.74 Å². The van der Waals surface area contributed by atoms with Crippen LogP contribution in [0.5, 0.6) is 11.5 Å². The van der Waals surface area contributed by atoms with E-state index in [-0.39, 0.29) is 0 Å². The molecule has 3 rings (SSSR count). The van der Waals surface area contributed by atoms with E-state index in [0.29, 0.717) is 4.83 Å². The van der Waals surface area contributed by atoms with Crippen molar-refractivity contribution in [2.24, 2.45) is 11.8 Å². The lowest BCUT2D eigenvalue weighted by atomic mass is 9.91. The fourth-order valence-electron chi connectivity index (χ4n) is 3.20. The van der Waals surface area contributed by atoms with Crippen LogP contribution in [0, 0.1) is 11.8 Å². The zero-order valence-corrected chi connectivity index (χ0v) is 13.9. The lowest BCUT2D eigenvalue weighted by Crippen LogP contribution is -2.10. The fourth-order valence-corrected chi connectivity index (χ4v) is 4.29. The van der Waals surface area contributed by atoms with E-state index in [1.54, 1.807) is 0 Å². The van der Waals surface area contributed by atoms with Gasteiger partial charge in [0.05, 0.1) is 0 Å². The van der Waals surface area contributed by atoms with Crippen molar-refractivity contribution in [2.45, 2.75) is 31.0 Å². The minimum Gasteiger partial charge on any atom is -0.457 e. The number of hydrogen-bond acceptors (Lipinski definition) is 1. The van der Waals surface area contributed by atoms with Crippen molar-refractivity contribution >= 4 is 15.9 Å². The average Bonchev–Trinajstić information content (AvgIpc) is 2.94. The number of ether oxygens (including phenoxy) is 1. The molecule has 0 heterocycles. The first kappa shape index (κ1) is 14.6. The van der Waals surface area contributed by atoms with Crippen molar-refractivity contribution in [3.8, 4) is 11.5 Å². The third-order valence-electron chi connectivity index (χ3n) is 4.48. The molecule has 1 aliphatic carbocycles. The van der Waals surface area contributed by atoms with Crippen molar-refractivity contribution in [2.75, 3.05) is 0 Å². The zero-order valence-electron chi connectivity index (χ0n) is 12.3. The molecule has 1 saturated carbocycles. The van der Waals surface area contributed by atoms with E-state index in [4.69, 9.17) is 4.74 Å². The van der Waals surface area contributed by atoms with Gasteiger partial charge in [0.25, 0.3) is 0 Å². The fraction of sp³-hybridized carbons (Fsp3) is 0.368. The minimum atomic E-state index is 0.459. The van der Waals surface area contributed by atoms with E-state index in [2.05, 4.69) is 47.1 Å². The van der Waals surface area contributed by atoms with Crippen LogP contribution < -0.4 is 4.74 Å². The second kappa shape index (κ2) is 6.65. The van der Waals surface area contributed by atoms with Crippen LogP contribution in [-0.2, 0) is 0 Å². The Kier molecular flexibility index (Phi) is 4.64. The summed E-state index contributed by atoms with van der Waals surface area (Å²) in [4.78, 5) is 0.459. The van der Waals surface area contributed by atoms with E-state index in [0.717, 1.165) is 23.3 Å². The molecule has 1 aliphatic rings. The predicted octanol–water partition coefficient (Wildman–Crippen LogP) is 6.35. The summed E-state index contributed by atoms with van der Waals surface area (Å²) in [6.45, 7) is 2.37. The van der Waals surface area contributed by atoms with Gasteiger partial charge in [0.2, 0.25) is 0 Å². The highest BCUT2D eigenvalue weighted by Crippen LogP contribution is 2.44. The highest BCUT2D eigenvalue weighted by atomic mass is 79.9. The Balaban J connectivity index is 1.69. The molecule has 3 atom stereocenters. The summed E-state index contributed by atoms with van der Waals surface area (Å²) >= 11 is 3.90. The van der Waals surface area contributed by atoms with E-state index in [9.17, 15) is 0 Å². The predicted molar refractivity (Wildman–Crippen MR) is 91.1 cm³/mol. The molecular weight excluding hydrogens is 324 g/mol. The molecule has 0 aromatic heterocycles. The first-order chi connectivity index (χ1) is 10.2. The monoisotopic (exact) mass is 344 g/mol. The second-order valence-electron chi connectivity index (χ2n) is 5.96. The highest BCUT2D eigenvalue weighted by molar-refractivity contribution is 9.09. The molecule has 0 aliphatic heterocycles. The Morgan fingerprint density at radius 1 is 0.952 bits per heavy atom. The van der Waals surface area contributed by atoms with Gasteiger partial charge in [0.15, 0.2) is 0 Å². The van der Waals surface area contributed by atoms with Crippen molar-refractivity contribution in [3.63, 3.8) is 0 Å². The van der Waals surface area contributed by atoms with Crippen LogP contribution in [0.25, 0.3) is 0 Å². The second-order valence-corrected chi connectivity index (χ2v) is 6.94. The zero-order chi connectivity index (χ0) is 14.7. The molecule has 110 valence electrons. The molecule has 2 heteroatoms. The SMILES string of the molecule is CC1CCCC1C(Br)c1ccc(Oc2ccccc2)cc1. The van der Waals surface area contributed by atoms with Gasteiger partial charge in [-0.05, 0) is 48.1 Å². The molecule has 2 aromatic rings. The molecule has 21 heavy (non-hydrogen) atoms. The quantitative estimate of drug-likeness (QED) is 0.587. The van der Waals surface area contributed by atoms with Crippen LogP contribution >= 0.6 is 15.9 Å². The normalized spacial score (nSPS) is 23.0. The van der Waals surface area contributed by atoms with Gasteiger partial charge in [-0.2, -0.15) is 0 Å². The largest absolute Gasteiger partial charge is 0.457 e. The standard InChI is InChI=1S/C19H21BrO/c1-14-6-5-9-18(14)19(20)15-10-12-17(13-11-15)21-16-7-3-2-4-8-16/h2-4,7-8,10-14,18-19H,5-6,9H2,1H3. The third kappa shape index (κ3) is 3.49. The Labute approximate surface area is 135 Å². The van der Waals surface area contributed by atoms with Crippen molar-refractivity contribution in [1.29, 1.82) is 0 Å². The molecule has 1 fully saturated rings. The molecule has 0 saturated heterocycles. The number of alkyl halides is 1. The van der Waals surface area contributed by atoms with Gasteiger partial charge in [-0.3, -0.25) is 0 Å². The molecule has 0 spiro atoms. The van der Waals surface area contributed by atoms with E-state index < -0.39 is 0 Å². The molecule has 0 radical (unpaired) electrons. The van der Waals surface area contributed by atoms with Crippen LogP contribution in [0.3, 0.4) is 0 Å². The van der Waals surface area contributed by atoms with Gasteiger partial charge in [-0.1, -0.05) is 66.0 Å². The molecule has 2 aromatic carbocycles. The summed E-state index contributed by atoms with van der Waals surface area (Å²) < 4.78 is 5.84.